The molecule has 0 bridgehead atoms. The highest BCUT2D eigenvalue weighted by Crippen LogP contribution is 2.43. The first kappa shape index (κ1) is 28.3. The number of alkyl halides is 3. The largest absolute Gasteiger partial charge is 0.480 e. The number of carbonyl (C=O) groups is 1. The van der Waals surface area contributed by atoms with Crippen LogP contribution in [0.4, 0.5) is 19.0 Å². The molecule has 6 heterocycles. The number of anilines is 1. The average molecular weight is 629 g/mol. The molecule has 0 saturated carbocycles. The second-order valence-electron chi connectivity index (χ2n) is 10.7. The van der Waals surface area contributed by atoms with E-state index < -0.39 is 36.0 Å². The van der Waals surface area contributed by atoms with Gasteiger partial charge in [0.1, 0.15) is 28.9 Å². The van der Waals surface area contributed by atoms with Gasteiger partial charge in [-0.15, -0.1) is 0 Å². The van der Waals surface area contributed by atoms with Gasteiger partial charge in [0.05, 0.1) is 35.2 Å². The molecule has 228 valence electrons. The van der Waals surface area contributed by atoms with E-state index in [-0.39, 0.29) is 67.4 Å². The summed E-state index contributed by atoms with van der Waals surface area (Å²) in [6.07, 6.45) is 0.664. The van der Waals surface area contributed by atoms with E-state index in [0.29, 0.717) is 21.7 Å². The predicted octanol–water partition coefficient (Wildman–Crippen LogP) is 5.63. The van der Waals surface area contributed by atoms with Crippen LogP contribution in [0.2, 0.25) is 5.02 Å². The Balaban J connectivity index is 1.27. The third-order valence-electron chi connectivity index (χ3n) is 7.93. The van der Waals surface area contributed by atoms with Crippen molar-refractivity contribution in [2.75, 3.05) is 24.7 Å². The lowest BCUT2D eigenvalue weighted by atomic mass is 9.88. The molecule has 4 aromatic heterocycles. The van der Waals surface area contributed by atoms with Gasteiger partial charge in [0.15, 0.2) is 17.2 Å². The minimum atomic E-state index is -3.01. The number of benzene rings is 1. The smallest absolute Gasteiger partial charge is 0.326 e. The van der Waals surface area contributed by atoms with Crippen molar-refractivity contribution in [3.8, 4) is 11.6 Å². The first-order chi connectivity index (χ1) is 21.2. The molecule has 7 rings (SSSR count). The van der Waals surface area contributed by atoms with E-state index in [0.717, 1.165) is 0 Å². The summed E-state index contributed by atoms with van der Waals surface area (Å²) in [4.78, 5) is 26.3. The lowest BCUT2D eigenvalue weighted by Crippen LogP contribution is -2.37. The summed E-state index contributed by atoms with van der Waals surface area (Å²) in [6, 6.07) is 7.13. The number of halogens is 4. The third-order valence-corrected chi connectivity index (χ3v) is 8.13. The molecule has 15 heteroatoms. The number of carboxylic acid groups (broad SMARTS) is 1. The highest BCUT2D eigenvalue weighted by atomic mass is 35.5. The van der Waals surface area contributed by atoms with Gasteiger partial charge in [0, 0.05) is 44.1 Å². The van der Waals surface area contributed by atoms with Crippen molar-refractivity contribution in [1.82, 2.24) is 24.7 Å². The molecule has 11 nitrogen and oxygen atoms in total. The Morgan fingerprint density at radius 1 is 1.18 bits per heavy atom. The van der Waals surface area contributed by atoms with Gasteiger partial charge in [-0.2, -0.15) is 5.10 Å². The summed E-state index contributed by atoms with van der Waals surface area (Å²) >= 11 is 6.03. The minimum Gasteiger partial charge on any atom is -0.480 e. The van der Waals surface area contributed by atoms with E-state index in [1.807, 2.05) is 0 Å². The van der Waals surface area contributed by atoms with Gasteiger partial charge in [0.2, 0.25) is 5.88 Å². The van der Waals surface area contributed by atoms with Gasteiger partial charge < -0.3 is 23.9 Å². The molecule has 5 aromatic rings. The van der Waals surface area contributed by atoms with Gasteiger partial charge in [-0.05, 0) is 18.2 Å². The van der Waals surface area contributed by atoms with E-state index in [4.69, 9.17) is 25.5 Å². The number of nitrogens with zero attached hydrogens (tertiary/aromatic N) is 6. The first-order valence-electron chi connectivity index (χ1n) is 13.8. The zero-order valence-corrected chi connectivity index (χ0v) is 23.6. The zero-order chi connectivity index (χ0) is 30.6. The van der Waals surface area contributed by atoms with Crippen molar-refractivity contribution in [3.63, 3.8) is 0 Å². The molecule has 2 fully saturated rings. The van der Waals surface area contributed by atoms with E-state index in [9.17, 15) is 18.7 Å². The van der Waals surface area contributed by atoms with Gasteiger partial charge in [-0.3, -0.25) is 0 Å². The Morgan fingerprint density at radius 3 is 2.70 bits per heavy atom. The number of aliphatic carboxylic acids is 1. The lowest BCUT2D eigenvalue weighted by molar-refractivity contribution is -0.138. The van der Waals surface area contributed by atoms with Crippen LogP contribution in [0.1, 0.15) is 37.1 Å². The molecule has 44 heavy (non-hydrogen) atoms. The SMILES string of the molecule is O=C(O)[C@@H]1C[C@H](Oc2ncc(-n3cc(Cl)cn3)cc2C2(F)CCOCC2)CN1c1nc(C(F)F)nc2c1oc1ccccc12. The number of hydrogen-bond donors (Lipinski definition) is 1. The standard InChI is InChI=1S/C29H24ClF3N6O5/c30-15-11-35-39(13-15)16-9-19(29(33)5-7-42-8-6-29)27(34-12-16)43-17-10-20(28(40)41)38(14-17)26-23-22(36-25(37-26)24(31)32)18-3-1-2-4-21(18)44-23/h1-4,9,11-13,17,20,24H,5-8,10,14H2,(H,40,41)/t17-,20-/m0/s1. The fourth-order valence-corrected chi connectivity index (χ4v) is 5.92. The van der Waals surface area contributed by atoms with Crippen molar-refractivity contribution in [3.05, 3.63) is 65.3 Å². The van der Waals surface area contributed by atoms with E-state index in [2.05, 4.69) is 20.1 Å². The maximum absolute atomic E-state index is 16.4. The summed E-state index contributed by atoms with van der Waals surface area (Å²) in [5, 5.41) is 15.2. The number of ether oxygens (including phenoxy) is 2. The van der Waals surface area contributed by atoms with Crippen molar-refractivity contribution < 1.29 is 37.0 Å². The molecule has 1 N–H and O–H groups in total. The van der Waals surface area contributed by atoms with Crippen molar-refractivity contribution in [1.29, 1.82) is 0 Å². The van der Waals surface area contributed by atoms with E-state index >= 15 is 4.39 Å². The summed E-state index contributed by atoms with van der Waals surface area (Å²) < 4.78 is 63.3. The maximum Gasteiger partial charge on any atom is 0.326 e. The number of carboxylic acids is 1. The summed E-state index contributed by atoms with van der Waals surface area (Å²) in [7, 11) is 0. The van der Waals surface area contributed by atoms with Gasteiger partial charge in [-0.1, -0.05) is 23.7 Å². The average Bonchev–Trinajstić information content (AvgIpc) is 3.74. The van der Waals surface area contributed by atoms with Crippen LogP contribution < -0.4 is 9.64 Å². The number of hydrogen-bond acceptors (Lipinski definition) is 9. The molecular formula is C29H24ClF3N6O5. The van der Waals surface area contributed by atoms with Crippen molar-refractivity contribution >= 4 is 45.5 Å². The number of rotatable bonds is 7. The molecule has 2 aliphatic heterocycles. The van der Waals surface area contributed by atoms with E-state index in [1.165, 1.54) is 22.0 Å². The van der Waals surface area contributed by atoms with Crippen LogP contribution in [-0.4, -0.2) is 67.7 Å². The highest BCUT2D eigenvalue weighted by molar-refractivity contribution is 6.30. The third kappa shape index (κ3) is 4.97. The Hall–Kier alpha value is -4.43. The highest BCUT2D eigenvalue weighted by Gasteiger charge is 2.43. The molecule has 0 aliphatic carbocycles. The van der Waals surface area contributed by atoms with Gasteiger partial charge in [-0.25, -0.2) is 37.6 Å². The Kier molecular flexibility index (Phi) is 7.04. The topological polar surface area (TPSA) is 129 Å². The van der Waals surface area contributed by atoms with Gasteiger partial charge >= 0.3 is 5.97 Å². The molecule has 0 spiro atoms. The molecule has 0 amide bonds. The summed E-state index contributed by atoms with van der Waals surface area (Å²) in [6.45, 7) is 0.308. The Labute approximate surface area is 252 Å². The van der Waals surface area contributed by atoms with Crippen LogP contribution >= 0.6 is 11.6 Å². The first-order valence-corrected chi connectivity index (χ1v) is 14.2. The Morgan fingerprint density at radius 2 is 1.98 bits per heavy atom. The lowest BCUT2D eigenvalue weighted by Gasteiger charge is -2.31. The fraction of sp³-hybridized carbons (Fsp3) is 0.345. The van der Waals surface area contributed by atoms with Crippen LogP contribution in [-0.2, 0) is 15.2 Å². The second-order valence-corrected chi connectivity index (χ2v) is 11.1. The molecule has 0 radical (unpaired) electrons. The quantitative estimate of drug-likeness (QED) is 0.242. The van der Waals surface area contributed by atoms with Gasteiger partial charge in [0.25, 0.3) is 6.43 Å². The zero-order valence-electron chi connectivity index (χ0n) is 22.9. The van der Waals surface area contributed by atoms with Crippen LogP contribution in [0, 0.1) is 0 Å². The van der Waals surface area contributed by atoms with Crippen molar-refractivity contribution in [2.45, 2.75) is 43.5 Å². The molecule has 2 aliphatic rings. The molecule has 1 aromatic carbocycles. The fourth-order valence-electron chi connectivity index (χ4n) is 5.78. The minimum absolute atomic E-state index is 0.0165. The molecular weight excluding hydrogens is 605 g/mol. The number of pyridine rings is 1. The summed E-state index contributed by atoms with van der Waals surface area (Å²) in [5.41, 5.74) is -0.610. The van der Waals surface area contributed by atoms with Crippen LogP contribution in [0.3, 0.4) is 0 Å². The molecule has 2 atom stereocenters. The number of fused-ring (bicyclic) bond motifs is 3. The maximum atomic E-state index is 16.4. The molecule has 2 saturated heterocycles. The normalized spacial score (nSPS) is 20.2. The van der Waals surface area contributed by atoms with Crippen LogP contribution in [0.25, 0.3) is 27.8 Å². The van der Waals surface area contributed by atoms with Crippen LogP contribution in [0.15, 0.2) is 53.3 Å². The number of para-hydroxylation sites is 1. The Bertz CT molecular complexity index is 1880. The van der Waals surface area contributed by atoms with E-state index in [1.54, 1.807) is 36.5 Å². The second kappa shape index (κ2) is 10.9. The number of aromatic nitrogens is 5. The van der Waals surface area contributed by atoms with Crippen molar-refractivity contribution in [2.24, 2.45) is 0 Å². The summed E-state index contributed by atoms with van der Waals surface area (Å²) in [5.74, 6) is -2.09. The monoisotopic (exact) mass is 628 g/mol. The van der Waals surface area contributed by atoms with Crippen LogP contribution in [0.5, 0.6) is 5.88 Å². The number of furan rings is 1. The molecule has 0 unspecified atom stereocenters. The predicted molar refractivity (Wildman–Crippen MR) is 151 cm³/mol.